The largest absolute Gasteiger partial charge is 0.463 e. The summed E-state index contributed by atoms with van der Waals surface area (Å²) in [7, 11) is -3.96. The van der Waals surface area contributed by atoms with Crippen molar-refractivity contribution in [3.8, 4) is 0 Å². The predicted molar refractivity (Wildman–Crippen MR) is 158 cm³/mol. The van der Waals surface area contributed by atoms with Gasteiger partial charge in [-0.3, -0.25) is 19.5 Å². The number of hydrogen-bond acceptors (Lipinski definition) is 7. The van der Waals surface area contributed by atoms with Gasteiger partial charge >= 0.3 is 5.97 Å². The summed E-state index contributed by atoms with van der Waals surface area (Å²) in [6.45, 7) is 8.69. The van der Waals surface area contributed by atoms with E-state index in [2.05, 4.69) is 29.2 Å². The Kier molecular flexibility index (Phi) is 13.6. The van der Waals surface area contributed by atoms with Gasteiger partial charge in [-0.2, -0.15) is 0 Å². The molecule has 0 aliphatic heterocycles. The van der Waals surface area contributed by atoms with Crippen molar-refractivity contribution in [2.75, 3.05) is 18.5 Å². The van der Waals surface area contributed by atoms with Crippen LogP contribution in [0, 0.1) is 5.92 Å². The van der Waals surface area contributed by atoms with Gasteiger partial charge in [0.1, 0.15) is 11.7 Å². The van der Waals surface area contributed by atoms with Crippen molar-refractivity contribution in [2.24, 2.45) is 5.92 Å². The van der Waals surface area contributed by atoms with E-state index < -0.39 is 33.5 Å². The Bertz CT molecular complexity index is 1310. The fourth-order valence-electron chi connectivity index (χ4n) is 3.74. The number of allylic oxidation sites excluding steroid dienone is 1. The number of carbonyl (C=O) groups is 2. The second-order valence-electron chi connectivity index (χ2n) is 9.72. The van der Waals surface area contributed by atoms with Gasteiger partial charge in [0.25, 0.3) is 5.56 Å². The van der Waals surface area contributed by atoms with E-state index in [0.29, 0.717) is 16.5 Å². The standard InChI is InChI=1S/C28H39ClN4O6S/c1-5-39-26(34)11-7-6-9-24(32-40(37,38)19-22-12-14-23(29)15-13-22)27(35)31-25-10-8-18-33(28(25)36)21(4)30-17-16-20(2)3/h7-8,10-15,18,20-21,24,30,32H,5-6,9,16-17,19H2,1-4H3,(H,31,35)/b11-7+/t21?,24-/m0/s1. The van der Waals surface area contributed by atoms with E-state index >= 15 is 0 Å². The average molecular weight is 595 g/mol. The first-order valence-corrected chi connectivity index (χ1v) is 15.3. The molecule has 40 heavy (non-hydrogen) atoms. The SMILES string of the molecule is CCOC(=O)/C=C/CC[C@H](NS(=O)(=O)Cc1ccc(Cl)cc1)C(=O)Nc1cccn(C(C)NCCC(C)C)c1=O. The van der Waals surface area contributed by atoms with Gasteiger partial charge in [0.2, 0.25) is 15.9 Å². The molecule has 10 nitrogen and oxygen atoms in total. The first-order chi connectivity index (χ1) is 18.9. The lowest BCUT2D eigenvalue weighted by Crippen LogP contribution is -2.45. The maximum absolute atomic E-state index is 13.3. The maximum atomic E-state index is 13.3. The van der Waals surface area contributed by atoms with E-state index in [4.69, 9.17) is 16.3 Å². The first-order valence-electron chi connectivity index (χ1n) is 13.2. The van der Waals surface area contributed by atoms with Crippen molar-refractivity contribution in [3.05, 3.63) is 75.7 Å². The zero-order valence-corrected chi connectivity index (χ0v) is 24.9. The third-order valence-electron chi connectivity index (χ3n) is 5.88. The normalized spacial score (nSPS) is 13.3. The minimum absolute atomic E-state index is 0.0222. The number of halogens is 1. The van der Waals surface area contributed by atoms with Crippen LogP contribution >= 0.6 is 11.6 Å². The van der Waals surface area contributed by atoms with E-state index in [9.17, 15) is 22.8 Å². The Morgan fingerprint density at radius 3 is 2.45 bits per heavy atom. The van der Waals surface area contributed by atoms with Gasteiger partial charge < -0.3 is 10.1 Å². The fourth-order valence-corrected chi connectivity index (χ4v) is 5.24. The van der Waals surface area contributed by atoms with Crippen LogP contribution in [0.4, 0.5) is 5.69 Å². The van der Waals surface area contributed by atoms with Crippen molar-refractivity contribution in [1.29, 1.82) is 0 Å². The molecule has 0 bridgehead atoms. The minimum atomic E-state index is -3.96. The van der Waals surface area contributed by atoms with Crippen LogP contribution in [0.1, 0.15) is 58.7 Å². The Morgan fingerprint density at radius 2 is 1.80 bits per heavy atom. The van der Waals surface area contributed by atoms with E-state index in [1.807, 2.05) is 6.92 Å². The summed E-state index contributed by atoms with van der Waals surface area (Å²) >= 11 is 5.89. The zero-order chi connectivity index (χ0) is 29.7. The number of aromatic nitrogens is 1. The number of carbonyl (C=O) groups excluding carboxylic acids is 2. The summed E-state index contributed by atoms with van der Waals surface area (Å²) in [4.78, 5) is 38.0. The zero-order valence-electron chi connectivity index (χ0n) is 23.4. The van der Waals surface area contributed by atoms with Crippen LogP contribution in [0.15, 0.2) is 59.5 Å². The number of ether oxygens (including phenoxy) is 1. The predicted octanol–water partition coefficient (Wildman–Crippen LogP) is 3.98. The molecule has 0 saturated carbocycles. The number of nitrogens with one attached hydrogen (secondary N) is 3. The van der Waals surface area contributed by atoms with Gasteiger partial charge in [0.15, 0.2) is 0 Å². The molecule has 12 heteroatoms. The molecule has 0 saturated heterocycles. The summed E-state index contributed by atoms with van der Waals surface area (Å²) in [5.74, 6) is -1.09. The second-order valence-corrected chi connectivity index (χ2v) is 11.9. The topological polar surface area (TPSA) is 136 Å². The van der Waals surface area contributed by atoms with Crippen molar-refractivity contribution in [3.63, 3.8) is 0 Å². The van der Waals surface area contributed by atoms with Crippen LogP contribution in [0.5, 0.6) is 0 Å². The highest BCUT2D eigenvalue weighted by molar-refractivity contribution is 7.88. The van der Waals surface area contributed by atoms with Gasteiger partial charge in [0.05, 0.1) is 18.5 Å². The van der Waals surface area contributed by atoms with E-state index in [1.54, 1.807) is 43.5 Å². The average Bonchev–Trinajstić information content (AvgIpc) is 2.88. The molecule has 1 unspecified atom stereocenters. The second kappa shape index (κ2) is 16.3. The van der Waals surface area contributed by atoms with Gasteiger partial charge in [-0.1, -0.05) is 43.7 Å². The van der Waals surface area contributed by atoms with E-state index in [1.165, 1.54) is 22.8 Å². The fraction of sp³-hybridized carbons (Fsp3) is 0.464. The molecule has 0 spiro atoms. The van der Waals surface area contributed by atoms with Crippen LogP contribution in [0.2, 0.25) is 5.02 Å². The van der Waals surface area contributed by atoms with Crippen molar-refractivity contribution >= 4 is 39.2 Å². The number of amides is 1. The molecule has 2 aromatic rings. The monoisotopic (exact) mass is 594 g/mol. The first kappa shape index (κ1) is 33.2. The summed E-state index contributed by atoms with van der Waals surface area (Å²) in [6, 6.07) is 8.23. The molecule has 1 aromatic carbocycles. The highest BCUT2D eigenvalue weighted by atomic mass is 35.5. The highest BCUT2D eigenvalue weighted by Gasteiger charge is 2.25. The molecular weight excluding hydrogens is 556 g/mol. The smallest absolute Gasteiger partial charge is 0.330 e. The van der Waals surface area contributed by atoms with E-state index in [-0.39, 0.29) is 37.1 Å². The van der Waals surface area contributed by atoms with Crippen molar-refractivity contribution < 1.29 is 22.7 Å². The number of benzene rings is 1. The highest BCUT2D eigenvalue weighted by Crippen LogP contribution is 2.13. The van der Waals surface area contributed by atoms with Crippen LogP contribution in [0.25, 0.3) is 0 Å². The molecule has 0 radical (unpaired) electrons. The number of pyridine rings is 1. The molecule has 1 heterocycles. The lowest BCUT2D eigenvalue weighted by atomic mass is 10.1. The Balaban J connectivity index is 2.20. The summed E-state index contributed by atoms with van der Waals surface area (Å²) in [5, 5.41) is 6.34. The number of rotatable bonds is 16. The lowest BCUT2D eigenvalue weighted by molar-refractivity contribution is -0.137. The Labute approximate surface area is 241 Å². The van der Waals surface area contributed by atoms with Crippen LogP contribution in [0.3, 0.4) is 0 Å². The van der Waals surface area contributed by atoms with Gasteiger partial charge in [-0.15, -0.1) is 0 Å². The number of anilines is 1. The molecule has 3 N–H and O–H groups in total. The van der Waals surface area contributed by atoms with Crippen molar-refractivity contribution in [2.45, 2.75) is 64.9 Å². The third-order valence-corrected chi connectivity index (χ3v) is 7.49. The van der Waals surface area contributed by atoms with Crippen LogP contribution in [-0.2, 0) is 30.1 Å². The quantitative estimate of drug-likeness (QED) is 0.197. The molecule has 0 aliphatic rings. The van der Waals surface area contributed by atoms with Gasteiger partial charge in [-0.05, 0) is 75.4 Å². The molecule has 0 aliphatic carbocycles. The summed E-state index contributed by atoms with van der Waals surface area (Å²) in [5.41, 5.74) is 0.0857. The molecule has 2 atom stereocenters. The van der Waals surface area contributed by atoms with Crippen LogP contribution < -0.4 is 20.9 Å². The minimum Gasteiger partial charge on any atom is -0.463 e. The maximum Gasteiger partial charge on any atom is 0.330 e. The number of sulfonamides is 1. The molecular formula is C28H39ClN4O6S. The molecule has 0 fully saturated rings. The lowest BCUT2D eigenvalue weighted by Gasteiger charge is -2.20. The molecule has 1 aromatic heterocycles. The molecule has 2 rings (SSSR count). The number of nitrogens with zero attached hydrogens (tertiary/aromatic N) is 1. The number of esters is 1. The summed E-state index contributed by atoms with van der Waals surface area (Å²) < 4.78 is 34.6. The van der Waals surface area contributed by atoms with Gasteiger partial charge in [0, 0.05) is 17.3 Å². The third kappa shape index (κ3) is 11.6. The van der Waals surface area contributed by atoms with Crippen molar-refractivity contribution in [1.82, 2.24) is 14.6 Å². The Morgan fingerprint density at radius 1 is 1.10 bits per heavy atom. The van der Waals surface area contributed by atoms with Crippen LogP contribution in [-0.4, -0.2) is 44.1 Å². The number of hydrogen-bond donors (Lipinski definition) is 3. The molecule has 1 amide bonds. The Hall–Kier alpha value is -2.99. The molecule has 220 valence electrons. The van der Waals surface area contributed by atoms with E-state index in [0.717, 1.165) is 13.0 Å². The van der Waals surface area contributed by atoms with Gasteiger partial charge in [-0.25, -0.2) is 17.9 Å². The summed E-state index contributed by atoms with van der Waals surface area (Å²) in [6.07, 6.45) is 5.22.